The lowest BCUT2D eigenvalue weighted by Gasteiger charge is -2.34. The lowest BCUT2D eigenvalue weighted by molar-refractivity contribution is 0.559. The zero-order valence-corrected chi connectivity index (χ0v) is 15.9. The molecule has 0 saturated heterocycles. The molecule has 5 heteroatoms. The Hall–Kier alpha value is -3.34. The van der Waals surface area contributed by atoms with Gasteiger partial charge in [-0.25, -0.2) is 9.38 Å². The third-order valence-corrected chi connectivity index (χ3v) is 5.63. The van der Waals surface area contributed by atoms with E-state index in [0.29, 0.717) is 19.0 Å². The van der Waals surface area contributed by atoms with Gasteiger partial charge in [0.05, 0.1) is 24.5 Å². The summed E-state index contributed by atoms with van der Waals surface area (Å²) in [6.07, 6.45) is 2.72. The van der Waals surface area contributed by atoms with Crippen molar-refractivity contribution < 1.29 is 4.39 Å². The van der Waals surface area contributed by atoms with Crippen LogP contribution >= 0.6 is 0 Å². The minimum atomic E-state index is -0.203. The van der Waals surface area contributed by atoms with Gasteiger partial charge in [0.15, 0.2) is 0 Å². The van der Waals surface area contributed by atoms with E-state index >= 15 is 0 Å². The summed E-state index contributed by atoms with van der Waals surface area (Å²) >= 11 is 0. The van der Waals surface area contributed by atoms with Crippen molar-refractivity contribution in [1.82, 2.24) is 10.3 Å². The number of fused-ring (bicyclic) bond motifs is 3. The summed E-state index contributed by atoms with van der Waals surface area (Å²) in [4.78, 5) is 13.9. The topological polar surface area (TPSA) is 49.6 Å². The van der Waals surface area contributed by atoms with Crippen LogP contribution in [-0.2, 0) is 6.54 Å². The molecule has 1 aromatic heterocycles. The Balaban J connectivity index is 1.44. The van der Waals surface area contributed by atoms with Gasteiger partial charge in [0.1, 0.15) is 5.82 Å². The van der Waals surface area contributed by atoms with Crippen LogP contribution in [0.1, 0.15) is 34.7 Å². The molecule has 0 fully saturated rings. The average Bonchev–Trinajstić information content (AvgIpc) is 2.78. The first-order valence-electron chi connectivity index (χ1n) is 9.89. The molecule has 2 unspecified atom stereocenters. The van der Waals surface area contributed by atoms with Gasteiger partial charge in [-0.2, -0.15) is 0 Å². The number of hydrogen-bond donors (Lipinski definition) is 1. The summed E-state index contributed by atoms with van der Waals surface area (Å²) in [6, 6.07) is 21.1. The number of aliphatic imine (C=N–C) groups is 2. The molecule has 4 nitrogen and oxygen atoms in total. The van der Waals surface area contributed by atoms with Crippen LogP contribution < -0.4 is 5.32 Å². The standard InChI is InChI=1S/C24H21FN4/c25-18-10-8-16(9-11-18)22-13-17-14-27-24(28-15-19-5-3-4-12-26-19)29-23(17)21-7-2-1-6-20(21)22/h1-12,17,22H,13-15H2,(H,27,28). The number of rotatable bonds is 3. The van der Waals surface area contributed by atoms with Crippen molar-refractivity contribution in [1.29, 1.82) is 0 Å². The van der Waals surface area contributed by atoms with Gasteiger partial charge in [-0.3, -0.25) is 9.98 Å². The molecule has 0 radical (unpaired) electrons. The highest BCUT2D eigenvalue weighted by atomic mass is 19.1. The van der Waals surface area contributed by atoms with Crippen molar-refractivity contribution in [3.63, 3.8) is 0 Å². The molecule has 1 aliphatic carbocycles. The first kappa shape index (κ1) is 17.7. The molecular formula is C24H21FN4. The molecule has 144 valence electrons. The molecular weight excluding hydrogens is 363 g/mol. The Morgan fingerprint density at radius 3 is 2.62 bits per heavy atom. The minimum Gasteiger partial charge on any atom is -0.349 e. The first-order valence-corrected chi connectivity index (χ1v) is 9.89. The van der Waals surface area contributed by atoms with Crippen LogP contribution in [0.15, 0.2) is 82.9 Å². The van der Waals surface area contributed by atoms with E-state index in [0.717, 1.165) is 23.4 Å². The highest BCUT2D eigenvalue weighted by Crippen LogP contribution is 2.40. The quantitative estimate of drug-likeness (QED) is 0.731. The molecule has 2 heterocycles. The molecule has 3 aromatic rings. The van der Waals surface area contributed by atoms with Crippen LogP contribution in [0.5, 0.6) is 0 Å². The zero-order chi connectivity index (χ0) is 19.6. The summed E-state index contributed by atoms with van der Waals surface area (Å²) in [5, 5.41) is 3.31. The maximum absolute atomic E-state index is 13.4. The van der Waals surface area contributed by atoms with Crippen LogP contribution in [0, 0.1) is 11.7 Å². The second-order valence-electron chi connectivity index (χ2n) is 7.46. The molecule has 0 bridgehead atoms. The van der Waals surface area contributed by atoms with Gasteiger partial charge in [0.25, 0.3) is 0 Å². The van der Waals surface area contributed by atoms with Gasteiger partial charge < -0.3 is 5.32 Å². The predicted octanol–water partition coefficient (Wildman–Crippen LogP) is 4.32. The van der Waals surface area contributed by atoms with Gasteiger partial charge in [-0.15, -0.1) is 0 Å². The maximum Gasteiger partial charge on any atom is 0.218 e. The Kier molecular flexibility index (Phi) is 4.64. The number of benzene rings is 2. The van der Waals surface area contributed by atoms with E-state index in [1.807, 2.05) is 30.3 Å². The normalized spacial score (nSPS) is 20.2. The lowest BCUT2D eigenvalue weighted by atomic mass is 9.72. The van der Waals surface area contributed by atoms with Crippen molar-refractivity contribution in [3.8, 4) is 0 Å². The van der Waals surface area contributed by atoms with Gasteiger partial charge in [0.2, 0.25) is 5.96 Å². The van der Waals surface area contributed by atoms with Crippen LogP contribution in [0.25, 0.3) is 0 Å². The third kappa shape index (κ3) is 3.56. The van der Waals surface area contributed by atoms with Gasteiger partial charge in [-0.05, 0) is 41.8 Å². The number of hydrogen-bond acceptors (Lipinski definition) is 4. The monoisotopic (exact) mass is 384 g/mol. The van der Waals surface area contributed by atoms with Crippen LogP contribution in [0.3, 0.4) is 0 Å². The highest BCUT2D eigenvalue weighted by Gasteiger charge is 2.34. The molecule has 1 N–H and O–H groups in total. The molecule has 2 atom stereocenters. The highest BCUT2D eigenvalue weighted by molar-refractivity contribution is 6.11. The van der Waals surface area contributed by atoms with Gasteiger partial charge in [0, 0.05) is 23.6 Å². The SMILES string of the molecule is Fc1ccc(C2CC3CN=C(NCc4ccccn4)N=C3c3ccccc32)cc1. The summed E-state index contributed by atoms with van der Waals surface area (Å²) in [6.45, 7) is 1.30. The van der Waals surface area contributed by atoms with Crippen molar-refractivity contribution in [2.75, 3.05) is 6.54 Å². The fraction of sp³-hybridized carbons (Fsp3) is 0.208. The molecule has 29 heavy (non-hydrogen) atoms. The third-order valence-electron chi connectivity index (χ3n) is 5.63. The number of pyridine rings is 1. The lowest BCUT2D eigenvalue weighted by Crippen LogP contribution is -2.35. The predicted molar refractivity (Wildman–Crippen MR) is 113 cm³/mol. The van der Waals surface area contributed by atoms with Crippen molar-refractivity contribution in [2.45, 2.75) is 18.9 Å². The fourth-order valence-electron chi connectivity index (χ4n) is 4.21. The number of nitrogens with one attached hydrogen (secondary N) is 1. The molecule has 0 saturated carbocycles. The molecule has 2 aromatic carbocycles. The second-order valence-corrected chi connectivity index (χ2v) is 7.46. The van der Waals surface area contributed by atoms with Crippen molar-refractivity contribution in [2.24, 2.45) is 15.9 Å². The average molecular weight is 384 g/mol. The Morgan fingerprint density at radius 2 is 1.79 bits per heavy atom. The van der Waals surface area contributed by atoms with E-state index in [9.17, 15) is 4.39 Å². The van der Waals surface area contributed by atoms with E-state index in [2.05, 4.69) is 39.6 Å². The minimum absolute atomic E-state index is 0.203. The van der Waals surface area contributed by atoms with E-state index in [1.54, 1.807) is 18.3 Å². The summed E-state index contributed by atoms with van der Waals surface area (Å²) in [7, 11) is 0. The number of aromatic nitrogens is 1. The number of halogens is 1. The van der Waals surface area contributed by atoms with E-state index in [-0.39, 0.29) is 17.7 Å². The van der Waals surface area contributed by atoms with E-state index < -0.39 is 0 Å². The number of nitrogens with zero attached hydrogens (tertiary/aromatic N) is 3. The van der Waals surface area contributed by atoms with Crippen LogP contribution in [0.4, 0.5) is 4.39 Å². The largest absolute Gasteiger partial charge is 0.349 e. The molecule has 1 aliphatic heterocycles. The van der Waals surface area contributed by atoms with Crippen LogP contribution in [0.2, 0.25) is 0 Å². The Labute approximate surface area is 169 Å². The summed E-state index contributed by atoms with van der Waals surface area (Å²) < 4.78 is 13.4. The molecule has 2 aliphatic rings. The smallest absolute Gasteiger partial charge is 0.218 e. The maximum atomic E-state index is 13.4. The fourth-order valence-corrected chi connectivity index (χ4v) is 4.21. The summed E-state index contributed by atoms with van der Waals surface area (Å²) in [5.41, 5.74) is 5.61. The second kappa shape index (κ2) is 7.59. The van der Waals surface area contributed by atoms with Gasteiger partial charge in [-0.1, -0.05) is 42.5 Å². The summed E-state index contributed by atoms with van der Waals surface area (Å²) in [5.74, 6) is 0.956. The van der Waals surface area contributed by atoms with Gasteiger partial charge >= 0.3 is 0 Å². The Bertz CT molecular complexity index is 1070. The zero-order valence-electron chi connectivity index (χ0n) is 15.9. The van der Waals surface area contributed by atoms with Crippen molar-refractivity contribution in [3.05, 3.63) is 101 Å². The van der Waals surface area contributed by atoms with Crippen molar-refractivity contribution >= 4 is 11.7 Å². The molecule has 0 spiro atoms. The molecule has 5 rings (SSSR count). The van der Waals surface area contributed by atoms with E-state index in [4.69, 9.17) is 4.99 Å². The molecule has 0 amide bonds. The Morgan fingerprint density at radius 1 is 0.966 bits per heavy atom. The van der Waals surface area contributed by atoms with Crippen LogP contribution in [-0.4, -0.2) is 23.2 Å². The number of guanidine groups is 1. The van der Waals surface area contributed by atoms with E-state index in [1.165, 1.54) is 11.1 Å². The first-order chi connectivity index (χ1) is 14.3.